The molecule has 0 spiro atoms. The molecule has 7 heteroatoms. The molecule has 0 bridgehead atoms. The zero-order chi connectivity index (χ0) is 10.7. The number of aryl methyl sites for hydroxylation is 1. The molecule has 0 saturated carbocycles. The number of aliphatic carboxylic acids is 1. The second-order valence-electron chi connectivity index (χ2n) is 3.21. The Labute approximate surface area is 85.7 Å². The molecule has 1 aromatic heterocycles. The lowest BCUT2D eigenvalue weighted by Crippen LogP contribution is -2.23. The van der Waals surface area contributed by atoms with Crippen LogP contribution >= 0.6 is 11.8 Å². The number of tetrazole rings is 1. The molecule has 6 nitrogen and oxygen atoms in total. The minimum atomic E-state index is -0.840. The van der Waals surface area contributed by atoms with E-state index in [9.17, 15) is 4.79 Å². The van der Waals surface area contributed by atoms with Crippen LogP contribution in [0.3, 0.4) is 0 Å². The number of aromatic nitrogens is 4. The molecule has 0 aliphatic heterocycles. The number of carboxylic acid groups (broad SMARTS) is 1. The van der Waals surface area contributed by atoms with E-state index in [1.807, 2.05) is 13.8 Å². The Morgan fingerprint density at radius 1 is 1.57 bits per heavy atom. The van der Waals surface area contributed by atoms with Gasteiger partial charge in [-0.1, -0.05) is 25.6 Å². The van der Waals surface area contributed by atoms with Crippen molar-refractivity contribution in [2.75, 3.05) is 0 Å². The Morgan fingerprint density at radius 3 is 2.57 bits per heavy atom. The Kier molecular flexibility index (Phi) is 3.45. The second-order valence-corrected chi connectivity index (χ2v) is 4.31. The van der Waals surface area contributed by atoms with Crippen LogP contribution in [0.5, 0.6) is 0 Å². The van der Waals surface area contributed by atoms with Gasteiger partial charge < -0.3 is 5.11 Å². The van der Waals surface area contributed by atoms with Crippen LogP contribution in [-0.4, -0.2) is 36.5 Å². The molecule has 1 rings (SSSR count). The van der Waals surface area contributed by atoms with Gasteiger partial charge in [-0.25, -0.2) is 4.68 Å². The standard InChI is InChI=1S/C7H12N4O2S/c1-4(2)5(6(12)13)14-7-8-9-10-11(7)3/h4-5H,1-3H3,(H,12,13). The lowest BCUT2D eigenvalue weighted by molar-refractivity contribution is -0.137. The highest BCUT2D eigenvalue weighted by Gasteiger charge is 2.24. The van der Waals surface area contributed by atoms with Crippen LogP contribution in [0.15, 0.2) is 5.16 Å². The molecule has 0 aromatic carbocycles. The molecular formula is C7H12N4O2S. The predicted molar refractivity (Wildman–Crippen MR) is 50.9 cm³/mol. The Hall–Kier alpha value is -1.11. The topological polar surface area (TPSA) is 80.9 Å². The highest BCUT2D eigenvalue weighted by atomic mass is 32.2. The average molecular weight is 216 g/mol. The molecule has 1 atom stereocenters. The van der Waals surface area contributed by atoms with E-state index >= 15 is 0 Å². The highest BCUT2D eigenvalue weighted by molar-refractivity contribution is 8.00. The molecule has 1 heterocycles. The van der Waals surface area contributed by atoms with Gasteiger partial charge in [0.15, 0.2) is 0 Å². The molecule has 0 saturated heterocycles. The Bertz CT molecular complexity index is 325. The van der Waals surface area contributed by atoms with E-state index in [1.54, 1.807) is 7.05 Å². The number of rotatable bonds is 4. The lowest BCUT2D eigenvalue weighted by atomic mass is 10.1. The molecule has 0 aliphatic carbocycles. The van der Waals surface area contributed by atoms with Gasteiger partial charge in [0.05, 0.1) is 0 Å². The van der Waals surface area contributed by atoms with Gasteiger partial charge in [-0.3, -0.25) is 4.79 Å². The molecule has 0 amide bonds. The van der Waals surface area contributed by atoms with E-state index in [0.717, 1.165) is 0 Å². The van der Waals surface area contributed by atoms with Crippen LogP contribution in [0.2, 0.25) is 0 Å². The number of nitrogens with zero attached hydrogens (tertiary/aromatic N) is 4. The average Bonchev–Trinajstić information content (AvgIpc) is 2.46. The van der Waals surface area contributed by atoms with Gasteiger partial charge in [0.2, 0.25) is 5.16 Å². The van der Waals surface area contributed by atoms with Gasteiger partial charge in [0.25, 0.3) is 0 Å². The molecule has 1 aromatic rings. The molecule has 14 heavy (non-hydrogen) atoms. The largest absolute Gasteiger partial charge is 0.480 e. The zero-order valence-corrected chi connectivity index (χ0v) is 9.02. The van der Waals surface area contributed by atoms with Crippen LogP contribution in [0.4, 0.5) is 0 Å². The third kappa shape index (κ3) is 2.44. The van der Waals surface area contributed by atoms with Gasteiger partial charge in [-0.2, -0.15) is 0 Å². The van der Waals surface area contributed by atoms with E-state index in [0.29, 0.717) is 5.16 Å². The van der Waals surface area contributed by atoms with Crippen molar-refractivity contribution in [2.24, 2.45) is 13.0 Å². The quantitative estimate of drug-likeness (QED) is 0.734. The summed E-state index contributed by atoms with van der Waals surface area (Å²) in [7, 11) is 1.68. The number of carboxylic acids is 1. The monoisotopic (exact) mass is 216 g/mol. The lowest BCUT2D eigenvalue weighted by Gasteiger charge is -2.13. The van der Waals surface area contributed by atoms with Crippen molar-refractivity contribution >= 4 is 17.7 Å². The van der Waals surface area contributed by atoms with Crippen LogP contribution < -0.4 is 0 Å². The van der Waals surface area contributed by atoms with E-state index in [2.05, 4.69) is 15.5 Å². The minimum absolute atomic E-state index is 0.0363. The van der Waals surface area contributed by atoms with Crippen molar-refractivity contribution in [3.63, 3.8) is 0 Å². The van der Waals surface area contributed by atoms with Gasteiger partial charge in [0.1, 0.15) is 5.25 Å². The fourth-order valence-electron chi connectivity index (χ4n) is 0.906. The molecular weight excluding hydrogens is 204 g/mol. The summed E-state index contributed by atoms with van der Waals surface area (Å²) in [5, 5.41) is 19.7. The van der Waals surface area contributed by atoms with Crippen molar-refractivity contribution in [3.05, 3.63) is 0 Å². The van der Waals surface area contributed by atoms with Crippen molar-refractivity contribution in [2.45, 2.75) is 24.3 Å². The van der Waals surface area contributed by atoms with Crippen molar-refractivity contribution in [1.29, 1.82) is 0 Å². The Morgan fingerprint density at radius 2 is 2.21 bits per heavy atom. The van der Waals surface area contributed by atoms with Crippen LogP contribution in [-0.2, 0) is 11.8 Å². The first-order chi connectivity index (χ1) is 6.52. The smallest absolute Gasteiger partial charge is 0.317 e. The number of hydrogen-bond acceptors (Lipinski definition) is 5. The number of hydrogen-bond donors (Lipinski definition) is 1. The van der Waals surface area contributed by atoms with Gasteiger partial charge in [-0.15, -0.1) is 5.10 Å². The fourth-order valence-corrected chi connectivity index (χ4v) is 1.78. The van der Waals surface area contributed by atoms with Crippen molar-refractivity contribution in [1.82, 2.24) is 20.2 Å². The summed E-state index contributed by atoms with van der Waals surface area (Å²) in [5.41, 5.74) is 0. The summed E-state index contributed by atoms with van der Waals surface area (Å²) in [6.45, 7) is 3.71. The first-order valence-corrected chi connectivity index (χ1v) is 5.02. The normalized spacial score (nSPS) is 13.1. The van der Waals surface area contributed by atoms with E-state index < -0.39 is 11.2 Å². The van der Waals surface area contributed by atoms with Crippen LogP contribution in [0, 0.1) is 5.92 Å². The second kappa shape index (κ2) is 4.41. The summed E-state index contributed by atoms with van der Waals surface area (Å²) >= 11 is 1.17. The zero-order valence-electron chi connectivity index (χ0n) is 8.21. The summed E-state index contributed by atoms with van der Waals surface area (Å²) in [5.74, 6) is -0.804. The first-order valence-electron chi connectivity index (χ1n) is 4.14. The van der Waals surface area contributed by atoms with E-state index in [1.165, 1.54) is 16.4 Å². The van der Waals surface area contributed by atoms with Crippen molar-refractivity contribution in [3.8, 4) is 0 Å². The summed E-state index contributed by atoms with van der Waals surface area (Å²) in [6, 6.07) is 0. The fraction of sp³-hybridized carbons (Fsp3) is 0.714. The van der Waals surface area contributed by atoms with E-state index in [4.69, 9.17) is 5.11 Å². The number of carbonyl (C=O) groups is 1. The number of thioether (sulfide) groups is 1. The maximum atomic E-state index is 10.9. The SMILES string of the molecule is CC(C)C(Sc1nnnn1C)C(=O)O. The third-order valence-corrected chi connectivity index (χ3v) is 3.22. The van der Waals surface area contributed by atoms with Gasteiger partial charge in [0, 0.05) is 7.05 Å². The first kappa shape index (κ1) is 11.0. The van der Waals surface area contributed by atoms with Crippen LogP contribution in [0.1, 0.15) is 13.8 Å². The summed E-state index contributed by atoms with van der Waals surface area (Å²) in [4.78, 5) is 10.9. The minimum Gasteiger partial charge on any atom is -0.480 e. The maximum absolute atomic E-state index is 10.9. The van der Waals surface area contributed by atoms with E-state index in [-0.39, 0.29) is 5.92 Å². The molecule has 1 N–H and O–H groups in total. The maximum Gasteiger partial charge on any atom is 0.317 e. The molecule has 78 valence electrons. The predicted octanol–water partition coefficient (Wildman–Crippen LogP) is 0.411. The Balaban J connectivity index is 2.75. The molecule has 0 aliphatic rings. The molecule has 0 radical (unpaired) electrons. The van der Waals surface area contributed by atoms with Gasteiger partial charge >= 0.3 is 5.97 Å². The molecule has 0 fully saturated rings. The highest BCUT2D eigenvalue weighted by Crippen LogP contribution is 2.25. The summed E-state index contributed by atoms with van der Waals surface area (Å²) in [6.07, 6.45) is 0. The third-order valence-electron chi connectivity index (χ3n) is 1.66. The van der Waals surface area contributed by atoms with Gasteiger partial charge in [-0.05, 0) is 16.3 Å². The molecule has 1 unspecified atom stereocenters. The van der Waals surface area contributed by atoms with Crippen molar-refractivity contribution < 1.29 is 9.90 Å². The van der Waals surface area contributed by atoms with Crippen LogP contribution in [0.25, 0.3) is 0 Å². The summed E-state index contributed by atoms with van der Waals surface area (Å²) < 4.78 is 1.46.